The van der Waals surface area contributed by atoms with Crippen LogP contribution in [-0.4, -0.2) is 28.8 Å². The number of anilines is 1. The predicted octanol–water partition coefficient (Wildman–Crippen LogP) is 2.65. The minimum Gasteiger partial charge on any atom is -0.357 e. The van der Waals surface area contributed by atoms with Gasteiger partial charge in [-0.1, -0.05) is 30.6 Å². The van der Waals surface area contributed by atoms with E-state index < -0.39 is 0 Å². The highest BCUT2D eigenvalue weighted by molar-refractivity contribution is 7.13. The van der Waals surface area contributed by atoms with Gasteiger partial charge in [-0.3, -0.25) is 0 Å². The molecular weight excluding hydrogens is 244 g/mol. The molecule has 5 heteroatoms. The van der Waals surface area contributed by atoms with Crippen LogP contribution in [0.3, 0.4) is 0 Å². The first kappa shape index (κ1) is 12.4. The molecule has 4 nitrogen and oxygen atoms in total. The van der Waals surface area contributed by atoms with Gasteiger partial charge in [-0.05, 0) is 38.1 Å². The van der Waals surface area contributed by atoms with Crippen LogP contribution in [0.15, 0.2) is 5.51 Å². The Bertz CT molecular complexity index is 348. The van der Waals surface area contributed by atoms with Gasteiger partial charge in [0.05, 0.1) is 0 Å². The fourth-order valence-corrected chi connectivity index (χ4v) is 3.97. The molecule has 2 aliphatic rings. The van der Waals surface area contributed by atoms with Crippen LogP contribution >= 0.6 is 11.3 Å². The first-order valence-corrected chi connectivity index (χ1v) is 8.07. The second-order valence-electron chi connectivity index (χ2n) is 5.50. The molecule has 0 bridgehead atoms. The quantitative estimate of drug-likeness (QED) is 0.883. The summed E-state index contributed by atoms with van der Waals surface area (Å²) < 4.78 is 0. The van der Waals surface area contributed by atoms with E-state index in [1.54, 1.807) is 16.8 Å². The number of nitrogens with one attached hydrogen (secondary N) is 2. The molecule has 2 fully saturated rings. The molecule has 2 heterocycles. The smallest absolute Gasteiger partial charge is 0.205 e. The molecular formula is C13H22N4S. The zero-order valence-corrected chi connectivity index (χ0v) is 11.6. The van der Waals surface area contributed by atoms with E-state index >= 15 is 0 Å². The Morgan fingerprint density at radius 1 is 1.17 bits per heavy atom. The molecule has 1 saturated carbocycles. The van der Waals surface area contributed by atoms with Gasteiger partial charge in [-0.2, -0.15) is 0 Å². The summed E-state index contributed by atoms with van der Waals surface area (Å²) >= 11 is 1.61. The maximum Gasteiger partial charge on any atom is 0.205 e. The average molecular weight is 266 g/mol. The molecule has 1 aliphatic heterocycles. The lowest BCUT2D eigenvalue weighted by molar-refractivity contribution is 0.217. The van der Waals surface area contributed by atoms with Gasteiger partial charge in [0.15, 0.2) is 0 Å². The highest BCUT2D eigenvalue weighted by Gasteiger charge is 2.32. The van der Waals surface area contributed by atoms with Crippen LogP contribution in [0, 0.1) is 5.92 Å². The number of aromatic nitrogens is 2. The van der Waals surface area contributed by atoms with E-state index in [4.69, 9.17) is 0 Å². The van der Waals surface area contributed by atoms with E-state index in [0.29, 0.717) is 12.1 Å². The zero-order valence-electron chi connectivity index (χ0n) is 10.8. The van der Waals surface area contributed by atoms with Crippen LogP contribution in [0.5, 0.6) is 0 Å². The minimum absolute atomic E-state index is 0.585. The zero-order chi connectivity index (χ0) is 12.2. The van der Waals surface area contributed by atoms with Crippen molar-refractivity contribution >= 4 is 16.5 Å². The molecule has 18 heavy (non-hydrogen) atoms. The van der Waals surface area contributed by atoms with Gasteiger partial charge >= 0.3 is 0 Å². The summed E-state index contributed by atoms with van der Waals surface area (Å²) in [5, 5.41) is 16.4. The lowest BCUT2D eigenvalue weighted by Gasteiger charge is -2.39. The highest BCUT2D eigenvalue weighted by Crippen LogP contribution is 2.32. The molecule has 0 aromatic carbocycles. The van der Waals surface area contributed by atoms with E-state index in [1.165, 1.54) is 51.5 Å². The Hall–Kier alpha value is -0.680. The Morgan fingerprint density at radius 2 is 2.06 bits per heavy atom. The van der Waals surface area contributed by atoms with Crippen LogP contribution in [-0.2, 0) is 0 Å². The maximum absolute atomic E-state index is 4.13. The van der Waals surface area contributed by atoms with Crippen molar-refractivity contribution in [2.75, 3.05) is 11.9 Å². The summed E-state index contributed by atoms with van der Waals surface area (Å²) in [6.07, 6.45) is 9.45. The van der Waals surface area contributed by atoms with Crippen molar-refractivity contribution in [2.45, 2.75) is 57.0 Å². The van der Waals surface area contributed by atoms with E-state index in [-0.39, 0.29) is 0 Å². The largest absolute Gasteiger partial charge is 0.357 e. The molecule has 0 spiro atoms. The molecule has 1 saturated heterocycles. The van der Waals surface area contributed by atoms with Crippen LogP contribution in [0.4, 0.5) is 5.13 Å². The molecule has 3 atom stereocenters. The summed E-state index contributed by atoms with van der Waals surface area (Å²) in [7, 11) is 0. The van der Waals surface area contributed by atoms with Crippen LogP contribution in [0.2, 0.25) is 0 Å². The SMILES string of the molecule is c1nnc(NC2CCCCC2C2CCCCN2)s1. The van der Waals surface area contributed by atoms with Gasteiger partial charge in [-0.15, -0.1) is 10.2 Å². The lowest BCUT2D eigenvalue weighted by Crippen LogP contribution is -2.48. The van der Waals surface area contributed by atoms with Gasteiger partial charge in [0.2, 0.25) is 5.13 Å². The molecule has 100 valence electrons. The molecule has 2 N–H and O–H groups in total. The monoisotopic (exact) mass is 266 g/mol. The van der Waals surface area contributed by atoms with Crippen LogP contribution < -0.4 is 10.6 Å². The molecule has 0 radical (unpaired) electrons. The van der Waals surface area contributed by atoms with E-state index in [0.717, 1.165) is 11.0 Å². The van der Waals surface area contributed by atoms with Crippen LogP contribution in [0.1, 0.15) is 44.9 Å². The van der Waals surface area contributed by atoms with Gasteiger partial charge in [-0.25, -0.2) is 0 Å². The minimum atomic E-state index is 0.585. The van der Waals surface area contributed by atoms with Crippen molar-refractivity contribution in [1.29, 1.82) is 0 Å². The Balaban J connectivity index is 1.65. The van der Waals surface area contributed by atoms with Crippen molar-refractivity contribution in [2.24, 2.45) is 5.92 Å². The van der Waals surface area contributed by atoms with Gasteiger partial charge in [0, 0.05) is 12.1 Å². The lowest BCUT2D eigenvalue weighted by atomic mass is 9.77. The summed E-state index contributed by atoms with van der Waals surface area (Å²) in [6.45, 7) is 1.20. The molecule has 1 aromatic rings. The third kappa shape index (κ3) is 2.83. The number of piperidine rings is 1. The third-order valence-electron chi connectivity index (χ3n) is 4.35. The third-order valence-corrected chi connectivity index (χ3v) is 4.98. The normalized spacial score (nSPS) is 33.2. The summed E-state index contributed by atoms with van der Waals surface area (Å²) in [6, 6.07) is 1.30. The summed E-state index contributed by atoms with van der Waals surface area (Å²) in [5.74, 6) is 0.767. The summed E-state index contributed by atoms with van der Waals surface area (Å²) in [4.78, 5) is 0. The molecule has 0 amide bonds. The van der Waals surface area contributed by atoms with Crippen molar-refractivity contribution in [3.05, 3.63) is 5.51 Å². The maximum atomic E-state index is 4.13. The number of hydrogen-bond donors (Lipinski definition) is 2. The van der Waals surface area contributed by atoms with E-state index in [2.05, 4.69) is 20.8 Å². The van der Waals surface area contributed by atoms with E-state index in [1.807, 2.05) is 0 Å². The van der Waals surface area contributed by atoms with Crippen molar-refractivity contribution in [3.8, 4) is 0 Å². The van der Waals surface area contributed by atoms with Gasteiger partial charge < -0.3 is 10.6 Å². The van der Waals surface area contributed by atoms with Gasteiger partial charge in [0.25, 0.3) is 0 Å². The first-order chi connectivity index (χ1) is 8.93. The highest BCUT2D eigenvalue weighted by atomic mass is 32.1. The second kappa shape index (κ2) is 5.97. The average Bonchev–Trinajstić information content (AvgIpc) is 2.93. The fourth-order valence-electron chi connectivity index (χ4n) is 3.46. The van der Waals surface area contributed by atoms with Gasteiger partial charge in [0.1, 0.15) is 5.51 Å². The van der Waals surface area contributed by atoms with Crippen molar-refractivity contribution < 1.29 is 0 Å². The topological polar surface area (TPSA) is 49.8 Å². The fraction of sp³-hybridized carbons (Fsp3) is 0.846. The molecule has 1 aliphatic carbocycles. The second-order valence-corrected chi connectivity index (χ2v) is 6.33. The summed E-state index contributed by atoms with van der Waals surface area (Å²) in [5.41, 5.74) is 1.80. The van der Waals surface area contributed by atoms with E-state index in [9.17, 15) is 0 Å². The molecule has 3 unspecified atom stereocenters. The Kier molecular flexibility index (Phi) is 4.10. The first-order valence-electron chi connectivity index (χ1n) is 7.19. The Morgan fingerprint density at radius 3 is 2.83 bits per heavy atom. The van der Waals surface area contributed by atoms with Crippen molar-refractivity contribution in [3.63, 3.8) is 0 Å². The number of rotatable bonds is 3. The number of hydrogen-bond acceptors (Lipinski definition) is 5. The molecule has 3 rings (SSSR count). The van der Waals surface area contributed by atoms with Crippen molar-refractivity contribution in [1.82, 2.24) is 15.5 Å². The molecule has 1 aromatic heterocycles. The van der Waals surface area contributed by atoms with Crippen LogP contribution in [0.25, 0.3) is 0 Å². The number of nitrogens with zero attached hydrogens (tertiary/aromatic N) is 2. The Labute approximate surface area is 113 Å². The predicted molar refractivity (Wildman–Crippen MR) is 74.9 cm³/mol. The standard InChI is InChI=1S/C13H22N4S/c1-2-7-12(16-13-17-15-9-18-13)10(5-1)11-6-3-4-8-14-11/h9-12,14H,1-8H2,(H,16,17).